The number of halogens is 2. The molecule has 2 atom stereocenters. The molecule has 17 heavy (non-hydrogen) atoms. The summed E-state index contributed by atoms with van der Waals surface area (Å²) >= 11 is 3.39. The molecular formula is C14H19BrFN. The number of hydrogen-bond donors (Lipinski definition) is 1. The maximum absolute atomic E-state index is 13.7. The fraction of sp³-hybridized carbons (Fsp3) is 0.571. The van der Waals surface area contributed by atoms with Crippen LogP contribution in [0.3, 0.4) is 0 Å². The fourth-order valence-electron chi connectivity index (χ4n) is 2.28. The van der Waals surface area contributed by atoms with Crippen LogP contribution < -0.4 is 5.32 Å². The molecule has 1 aliphatic rings. The van der Waals surface area contributed by atoms with Crippen molar-refractivity contribution >= 4 is 15.9 Å². The van der Waals surface area contributed by atoms with Gasteiger partial charge in [0.1, 0.15) is 5.82 Å². The van der Waals surface area contributed by atoms with Gasteiger partial charge < -0.3 is 5.32 Å². The lowest BCUT2D eigenvalue weighted by atomic mass is 10.1. The average molecular weight is 300 g/mol. The van der Waals surface area contributed by atoms with Crippen molar-refractivity contribution in [2.45, 2.75) is 45.2 Å². The van der Waals surface area contributed by atoms with E-state index in [4.69, 9.17) is 0 Å². The van der Waals surface area contributed by atoms with E-state index in [9.17, 15) is 4.39 Å². The van der Waals surface area contributed by atoms with Crippen molar-refractivity contribution in [1.29, 1.82) is 0 Å². The summed E-state index contributed by atoms with van der Waals surface area (Å²) in [6.07, 6.45) is 3.94. The Hall–Kier alpha value is -0.410. The Labute approximate surface area is 111 Å². The third kappa shape index (κ3) is 3.78. The van der Waals surface area contributed by atoms with Crippen molar-refractivity contribution in [2.24, 2.45) is 5.92 Å². The molecule has 1 aromatic carbocycles. The second-order valence-electron chi connectivity index (χ2n) is 5.13. The predicted octanol–water partition coefficient (Wildman–Crippen LogP) is 4.43. The molecule has 0 amide bonds. The van der Waals surface area contributed by atoms with E-state index in [1.54, 1.807) is 6.07 Å². The molecule has 1 aromatic rings. The van der Waals surface area contributed by atoms with E-state index in [2.05, 4.69) is 28.2 Å². The second-order valence-corrected chi connectivity index (χ2v) is 6.05. The maximum Gasteiger partial charge on any atom is 0.128 e. The molecule has 3 heteroatoms. The third-order valence-electron chi connectivity index (χ3n) is 3.34. The maximum atomic E-state index is 13.7. The molecule has 0 saturated heterocycles. The van der Waals surface area contributed by atoms with Crippen LogP contribution in [0.15, 0.2) is 22.7 Å². The van der Waals surface area contributed by atoms with E-state index >= 15 is 0 Å². The summed E-state index contributed by atoms with van der Waals surface area (Å²) in [5, 5.41) is 3.47. The molecule has 1 nitrogen and oxygen atoms in total. The molecule has 1 fully saturated rings. The minimum Gasteiger partial charge on any atom is -0.308 e. The van der Waals surface area contributed by atoms with E-state index in [-0.39, 0.29) is 11.9 Å². The summed E-state index contributed by atoms with van der Waals surface area (Å²) in [4.78, 5) is 0. The van der Waals surface area contributed by atoms with Gasteiger partial charge >= 0.3 is 0 Å². The molecule has 94 valence electrons. The first-order chi connectivity index (χ1) is 8.06. The zero-order chi connectivity index (χ0) is 12.4. The summed E-state index contributed by atoms with van der Waals surface area (Å²) in [7, 11) is 0. The highest BCUT2D eigenvalue weighted by atomic mass is 79.9. The van der Waals surface area contributed by atoms with Crippen LogP contribution in [0.1, 0.15) is 44.7 Å². The van der Waals surface area contributed by atoms with E-state index in [1.807, 2.05) is 13.0 Å². The molecule has 0 heterocycles. The van der Waals surface area contributed by atoms with Gasteiger partial charge in [-0.05, 0) is 44.4 Å². The quantitative estimate of drug-likeness (QED) is 0.848. The van der Waals surface area contributed by atoms with Crippen LogP contribution in [-0.2, 0) is 0 Å². The van der Waals surface area contributed by atoms with E-state index < -0.39 is 0 Å². The number of nitrogens with one attached hydrogen (secondary N) is 1. The van der Waals surface area contributed by atoms with Gasteiger partial charge in [-0.1, -0.05) is 28.8 Å². The summed E-state index contributed by atoms with van der Waals surface area (Å²) in [6, 6.07) is 5.62. The van der Waals surface area contributed by atoms with Gasteiger partial charge in [-0.2, -0.15) is 0 Å². The molecule has 0 aromatic heterocycles. The van der Waals surface area contributed by atoms with E-state index in [0.29, 0.717) is 6.04 Å². The molecule has 1 N–H and O–H groups in total. The van der Waals surface area contributed by atoms with Crippen LogP contribution >= 0.6 is 15.9 Å². The minimum atomic E-state index is -0.133. The van der Waals surface area contributed by atoms with Crippen molar-refractivity contribution in [1.82, 2.24) is 5.32 Å². The molecule has 0 spiro atoms. The zero-order valence-corrected chi connectivity index (χ0v) is 11.9. The van der Waals surface area contributed by atoms with Gasteiger partial charge in [0.15, 0.2) is 0 Å². The van der Waals surface area contributed by atoms with Crippen molar-refractivity contribution in [3.8, 4) is 0 Å². The first kappa shape index (κ1) is 13.0. The average Bonchev–Trinajstić information content (AvgIpc) is 3.05. The van der Waals surface area contributed by atoms with Crippen LogP contribution in [0, 0.1) is 11.7 Å². The Morgan fingerprint density at radius 2 is 2.12 bits per heavy atom. The largest absolute Gasteiger partial charge is 0.308 e. The number of rotatable bonds is 5. The van der Waals surface area contributed by atoms with E-state index in [1.165, 1.54) is 25.3 Å². The van der Waals surface area contributed by atoms with Gasteiger partial charge in [0.25, 0.3) is 0 Å². The third-order valence-corrected chi connectivity index (χ3v) is 3.84. The zero-order valence-electron chi connectivity index (χ0n) is 10.3. The van der Waals surface area contributed by atoms with Gasteiger partial charge in [0.05, 0.1) is 0 Å². The number of hydrogen-bond acceptors (Lipinski definition) is 1. The van der Waals surface area contributed by atoms with Crippen LogP contribution in [0.4, 0.5) is 4.39 Å². The van der Waals surface area contributed by atoms with Gasteiger partial charge in [-0.25, -0.2) is 4.39 Å². The smallest absolute Gasteiger partial charge is 0.128 e. The predicted molar refractivity (Wildman–Crippen MR) is 72.5 cm³/mol. The first-order valence-electron chi connectivity index (χ1n) is 6.27. The van der Waals surface area contributed by atoms with Crippen molar-refractivity contribution in [3.05, 3.63) is 34.1 Å². The van der Waals surface area contributed by atoms with Crippen molar-refractivity contribution < 1.29 is 4.39 Å². The lowest BCUT2D eigenvalue weighted by Gasteiger charge is -2.21. The SMILES string of the molecule is CC(CC1CC1)NC(C)c1cc(Br)ccc1F. The van der Waals surface area contributed by atoms with Gasteiger partial charge in [-0.3, -0.25) is 0 Å². The van der Waals surface area contributed by atoms with Crippen molar-refractivity contribution in [3.63, 3.8) is 0 Å². The molecule has 1 saturated carbocycles. The van der Waals surface area contributed by atoms with Gasteiger partial charge in [0, 0.05) is 22.1 Å². The first-order valence-corrected chi connectivity index (χ1v) is 7.06. The van der Waals surface area contributed by atoms with Gasteiger partial charge in [0.2, 0.25) is 0 Å². The molecule has 0 radical (unpaired) electrons. The van der Waals surface area contributed by atoms with Gasteiger partial charge in [-0.15, -0.1) is 0 Å². The highest BCUT2D eigenvalue weighted by Crippen LogP contribution is 2.34. The second kappa shape index (κ2) is 5.49. The fourth-order valence-corrected chi connectivity index (χ4v) is 2.66. The van der Waals surface area contributed by atoms with E-state index in [0.717, 1.165) is 16.0 Å². The monoisotopic (exact) mass is 299 g/mol. The normalized spacial score (nSPS) is 19.1. The minimum absolute atomic E-state index is 0.0567. The molecule has 0 aliphatic heterocycles. The highest BCUT2D eigenvalue weighted by Gasteiger charge is 2.24. The van der Waals surface area contributed by atoms with Crippen molar-refractivity contribution in [2.75, 3.05) is 0 Å². The summed E-state index contributed by atoms with van der Waals surface area (Å²) in [5.74, 6) is 0.767. The number of benzene rings is 1. The molecule has 0 bridgehead atoms. The molecule has 2 rings (SSSR count). The van der Waals surface area contributed by atoms with Crippen LogP contribution in [0.2, 0.25) is 0 Å². The summed E-state index contributed by atoms with van der Waals surface area (Å²) < 4.78 is 14.6. The Morgan fingerprint density at radius 1 is 1.41 bits per heavy atom. The Morgan fingerprint density at radius 3 is 2.76 bits per heavy atom. The lowest BCUT2D eigenvalue weighted by molar-refractivity contribution is 0.428. The molecule has 1 aliphatic carbocycles. The topological polar surface area (TPSA) is 12.0 Å². The molecule has 2 unspecified atom stereocenters. The summed E-state index contributed by atoms with van der Waals surface area (Å²) in [5.41, 5.74) is 0.738. The molecular weight excluding hydrogens is 281 g/mol. The van der Waals surface area contributed by atoms with Crippen LogP contribution in [0.25, 0.3) is 0 Å². The standard InChI is InChI=1S/C14H19BrFN/c1-9(7-11-3-4-11)17-10(2)13-8-12(15)5-6-14(13)16/h5-6,8-11,17H,3-4,7H2,1-2H3. The Kier molecular flexibility index (Phi) is 4.21. The Bertz CT molecular complexity index is 390. The summed E-state index contributed by atoms with van der Waals surface area (Å²) in [6.45, 7) is 4.21. The Balaban J connectivity index is 1.97. The van der Waals surface area contributed by atoms with Crippen LogP contribution in [0.5, 0.6) is 0 Å². The highest BCUT2D eigenvalue weighted by molar-refractivity contribution is 9.10. The lowest BCUT2D eigenvalue weighted by Crippen LogP contribution is -2.29. The van der Waals surface area contributed by atoms with Crippen LogP contribution in [-0.4, -0.2) is 6.04 Å².